The van der Waals surface area contributed by atoms with Crippen molar-refractivity contribution in [1.29, 1.82) is 0 Å². The number of aromatic nitrogens is 1. The number of rotatable bonds is 5. The predicted molar refractivity (Wildman–Crippen MR) is 92.4 cm³/mol. The average molecular weight is 329 g/mol. The molecule has 2 aromatic rings. The molecule has 0 amide bonds. The Morgan fingerprint density at radius 3 is 3.00 bits per heavy atom. The van der Waals surface area contributed by atoms with Gasteiger partial charge in [0.15, 0.2) is 0 Å². The highest BCUT2D eigenvalue weighted by Crippen LogP contribution is 2.26. The van der Waals surface area contributed by atoms with Crippen molar-refractivity contribution in [1.82, 2.24) is 14.8 Å². The van der Waals surface area contributed by atoms with Gasteiger partial charge < -0.3 is 4.74 Å². The van der Waals surface area contributed by atoms with Gasteiger partial charge in [-0.2, -0.15) is 0 Å². The summed E-state index contributed by atoms with van der Waals surface area (Å²) in [6.07, 6.45) is 3.33. The van der Waals surface area contributed by atoms with Crippen LogP contribution in [0.25, 0.3) is 0 Å². The highest BCUT2D eigenvalue weighted by atomic mass is 32.1. The molecule has 4 heterocycles. The van der Waals surface area contributed by atoms with Gasteiger partial charge >= 0.3 is 0 Å². The third kappa shape index (κ3) is 3.80. The summed E-state index contributed by atoms with van der Waals surface area (Å²) in [4.78, 5) is 11.0. The fourth-order valence-corrected chi connectivity index (χ4v) is 4.38. The van der Waals surface area contributed by atoms with Gasteiger partial charge in [-0.15, -0.1) is 11.3 Å². The molecule has 0 spiro atoms. The number of fused-ring (bicyclic) bond motifs is 1. The number of thiophene rings is 1. The van der Waals surface area contributed by atoms with Gasteiger partial charge in [0.25, 0.3) is 0 Å². The lowest BCUT2D eigenvalue weighted by Crippen LogP contribution is -2.49. The summed E-state index contributed by atoms with van der Waals surface area (Å²) in [5.74, 6) is 0. The van der Waals surface area contributed by atoms with Crippen LogP contribution in [0.15, 0.2) is 41.9 Å². The maximum absolute atomic E-state index is 6.10. The molecular weight excluding hydrogens is 306 g/mol. The molecule has 0 N–H and O–H groups in total. The van der Waals surface area contributed by atoms with Crippen molar-refractivity contribution in [3.05, 3.63) is 52.5 Å². The summed E-state index contributed by atoms with van der Waals surface area (Å²) >= 11 is 1.86. The monoisotopic (exact) mass is 329 g/mol. The molecule has 4 rings (SSSR count). The SMILES string of the molecule is c1ccc(CO[C@@H]2C[C@H]3CN(Cc4cccs4)CCN3C2)nc1. The number of ether oxygens (including phenoxy) is 1. The van der Waals surface area contributed by atoms with Crippen molar-refractivity contribution in [3.63, 3.8) is 0 Å². The molecule has 23 heavy (non-hydrogen) atoms. The van der Waals surface area contributed by atoms with Crippen LogP contribution in [0.3, 0.4) is 0 Å². The van der Waals surface area contributed by atoms with E-state index >= 15 is 0 Å². The molecule has 0 aliphatic carbocycles. The maximum atomic E-state index is 6.10. The number of nitrogens with zero attached hydrogens (tertiary/aromatic N) is 3. The third-order valence-corrected chi connectivity index (χ3v) is 5.68. The second-order valence-electron chi connectivity index (χ2n) is 6.45. The Balaban J connectivity index is 1.27. The molecule has 122 valence electrons. The fraction of sp³-hybridized carbons (Fsp3) is 0.500. The van der Waals surface area contributed by atoms with Crippen LogP contribution in [-0.4, -0.2) is 53.1 Å². The summed E-state index contributed by atoms with van der Waals surface area (Å²) in [6.45, 7) is 6.30. The maximum Gasteiger partial charge on any atom is 0.0892 e. The van der Waals surface area contributed by atoms with Crippen LogP contribution in [0.2, 0.25) is 0 Å². The zero-order valence-corrected chi connectivity index (χ0v) is 14.1. The third-order valence-electron chi connectivity index (χ3n) is 4.81. The normalized spacial score (nSPS) is 25.6. The first-order valence-corrected chi connectivity index (χ1v) is 9.25. The van der Waals surface area contributed by atoms with E-state index in [0.29, 0.717) is 18.8 Å². The molecule has 2 saturated heterocycles. The van der Waals surface area contributed by atoms with Crippen molar-refractivity contribution in [2.45, 2.75) is 31.7 Å². The minimum absolute atomic E-state index is 0.351. The van der Waals surface area contributed by atoms with E-state index < -0.39 is 0 Å². The van der Waals surface area contributed by atoms with Crippen LogP contribution >= 0.6 is 11.3 Å². The van der Waals surface area contributed by atoms with Crippen molar-refractivity contribution in [2.75, 3.05) is 26.2 Å². The van der Waals surface area contributed by atoms with E-state index in [4.69, 9.17) is 4.74 Å². The fourth-order valence-electron chi connectivity index (χ4n) is 3.63. The molecule has 4 nitrogen and oxygen atoms in total. The number of pyridine rings is 1. The summed E-state index contributed by atoms with van der Waals surface area (Å²) in [5.41, 5.74) is 1.02. The average Bonchev–Trinajstić information content (AvgIpc) is 3.23. The van der Waals surface area contributed by atoms with E-state index in [-0.39, 0.29) is 0 Å². The van der Waals surface area contributed by atoms with E-state index in [1.807, 2.05) is 35.7 Å². The van der Waals surface area contributed by atoms with Gasteiger partial charge in [-0.3, -0.25) is 14.8 Å². The highest BCUT2D eigenvalue weighted by Gasteiger charge is 2.36. The van der Waals surface area contributed by atoms with Gasteiger partial charge in [0.2, 0.25) is 0 Å². The van der Waals surface area contributed by atoms with Gasteiger partial charge in [-0.05, 0) is 30.0 Å². The summed E-state index contributed by atoms with van der Waals surface area (Å²) in [5, 5.41) is 2.17. The Morgan fingerprint density at radius 2 is 2.17 bits per heavy atom. The first kappa shape index (κ1) is 15.3. The van der Waals surface area contributed by atoms with Crippen LogP contribution in [0, 0.1) is 0 Å². The lowest BCUT2D eigenvalue weighted by molar-refractivity contribution is 0.0440. The largest absolute Gasteiger partial charge is 0.371 e. The Hall–Kier alpha value is -1.27. The molecular formula is C18H23N3OS. The topological polar surface area (TPSA) is 28.6 Å². The number of hydrogen-bond donors (Lipinski definition) is 0. The Labute approximate surface area is 141 Å². The molecule has 2 atom stereocenters. The van der Waals surface area contributed by atoms with Crippen LogP contribution in [0.1, 0.15) is 17.0 Å². The summed E-state index contributed by atoms with van der Waals surface area (Å²) < 4.78 is 6.10. The molecule has 0 radical (unpaired) electrons. The summed E-state index contributed by atoms with van der Waals surface area (Å²) in [7, 11) is 0. The van der Waals surface area contributed by atoms with Crippen molar-refractivity contribution < 1.29 is 4.74 Å². The quantitative estimate of drug-likeness (QED) is 0.843. The van der Waals surface area contributed by atoms with Crippen LogP contribution in [0.5, 0.6) is 0 Å². The van der Waals surface area contributed by atoms with E-state index in [1.165, 1.54) is 24.5 Å². The minimum atomic E-state index is 0.351. The molecule has 0 bridgehead atoms. The first-order valence-electron chi connectivity index (χ1n) is 8.37. The minimum Gasteiger partial charge on any atom is -0.371 e. The van der Waals surface area contributed by atoms with Gasteiger partial charge in [0, 0.05) is 49.8 Å². The van der Waals surface area contributed by atoms with Gasteiger partial charge in [-0.1, -0.05) is 12.1 Å². The van der Waals surface area contributed by atoms with E-state index in [9.17, 15) is 0 Å². The molecule has 2 aliphatic heterocycles. The molecule has 0 saturated carbocycles. The Morgan fingerprint density at radius 1 is 1.17 bits per heavy atom. The van der Waals surface area contributed by atoms with Gasteiger partial charge in [-0.25, -0.2) is 0 Å². The Kier molecular flexibility index (Phi) is 4.71. The van der Waals surface area contributed by atoms with Gasteiger partial charge in [0.05, 0.1) is 18.4 Å². The van der Waals surface area contributed by atoms with E-state index in [0.717, 1.165) is 25.2 Å². The van der Waals surface area contributed by atoms with Crippen LogP contribution < -0.4 is 0 Å². The number of piperazine rings is 1. The van der Waals surface area contributed by atoms with Crippen molar-refractivity contribution in [3.8, 4) is 0 Å². The van der Waals surface area contributed by atoms with Crippen LogP contribution in [-0.2, 0) is 17.9 Å². The van der Waals surface area contributed by atoms with E-state index in [2.05, 4.69) is 32.3 Å². The zero-order valence-electron chi connectivity index (χ0n) is 13.3. The van der Waals surface area contributed by atoms with Crippen molar-refractivity contribution in [2.24, 2.45) is 0 Å². The molecule has 5 heteroatoms. The molecule has 0 aromatic carbocycles. The lowest BCUT2D eigenvalue weighted by Gasteiger charge is -2.37. The van der Waals surface area contributed by atoms with Crippen molar-refractivity contribution >= 4 is 11.3 Å². The molecule has 0 unspecified atom stereocenters. The molecule has 2 fully saturated rings. The zero-order chi connectivity index (χ0) is 15.5. The predicted octanol–water partition coefficient (Wildman–Crippen LogP) is 2.62. The standard InChI is InChI=1S/C18H23N3OS/c1-2-6-19-15(4-1)14-22-17-10-16-11-20(7-8-21(16)12-17)13-18-5-3-9-23-18/h1-6,9,16-17H,7-8,10-14H2/t16-,17+/m0/s1. The smallest absolute Gasteiger partial charge is 0.0892 e. The second-order valence-corrected chi connectivity index (χ2v) is 7.49. The number of hydrogen-bond acceptors (Lipinski definition) is 5. The Bertz CT molecular complexity index is 604. The summed E-state index contributed by atoms with van der Waals surface area (Å²) in [6, 6.07) is 11.0. The van der Waals surface area contributed by atoms with Crippen LogP contribution in [0.4, 0.5) is 0 Å². The molecule has 2 aromatic heterocycles. The lowest BCUT2D eigenvalue weighted by atomic mass is 10.1. The van der Waals surface area contributed by atoms with E-state index in [1.54, 1.807) is 0 Å². The van der Waals surface area contributed by atoms with Gasteiger partial charge in [0.1, 0.15) is 0 Å². The first-order chi connectivity index (χ1) is 11.4. The highest BCUT2D eigenvalue weighted by molar-refractivity contribution is 7.09. The molecule has 2 aliphatic rings. The second kappa shape index (κ2) is 7.09.